The van der Waals surface area contributed by atoms with E-state index in [1.54, 1.807) is 17.8 Å². The van der Waals surface area contributed by atoms with E-state index in [9.17, 15) is 4.79 Å². The zero-order valence-corrected chi connectivity index (χ0v) is 10.4. The number of carboxylic acids is 1. The molecule has 1 rings (SSSR count). The third kappa shape index (κ3) is 5.98. The van der Waals surface area contributed by atoms with Crippen LogP contribution in [0.3, 0.4) is 0 Å². The average molecular weight is 249 g/mol. The van der Waals surface area contributed by atoms with E-state index in [2.05, 4.69) is 6.07 Å². The Morgan fingerprint density at radius 1 is 1.41 bits per heavy atom. The van der Waals surface area contributed by atoms with E-state index in [1.165, 1.54) is 0 Å². The van der Waals surface area contributed by atoms with Crippen LogP contribution in [-0.2, 0) is 10.5 Å². The zero-order valence-electron chi connectivity index (χ0n) is 9.56. The van der Waals surface area contributed by atoms with Gasteiger partial charge in [0, 0.05) is 12.2 Å². The van der Waals surface area contributed by atoms with Gasteiger partial charge in [-0.25, -0.2) is 0 Å². The van der Waals surface area contributed by atoms with Crippen molar-refractivity contribution in [2.75, 3.05) is 5.75 Å². The molecule has 0 heterocycles. The molecule has 90 valence electrons. The number of unbranched alkanes of at least 4 members (excludes halogenated alkanes) is 1. The monoisotopic (exact) mass is 249 g/mol. The molecular formula is C13H15NO2S. The van der Waals surface area contributed by atoms with Crippen LogP contribution in [0.15, 0.2) is 24.3 Å². The van der Waals surface area contributed by atoms with E-state index < -0.39 is 5.97 Å². The highest BCUT2D eigenvalue weighted by atomic mass is 32.2. The summed E-state index contributed by atoms with van der Waals surface area (Å²) in [5, 5.41) is 17.2. The van der Waals surface area contributed by atoms with Gasteiger partial charge in [0.2, 0.25) is 0 Å². The van der Waals surface area contributed by atoms with Crippen LogP contribution in [0.25, 0.3) is 0 Å². The van der Waals surface area contributed by atoms with E-state index >= 15 is 0 Å². The molecule has 0 radical (unpaired) electrons. The Bertz CT molecular complexity index is 412. The number of nitriles is 1. The Morgan fingerprint density at radius 2 is 2.24 bits per heavy atom. The van der Waals surface area contributed by atoms with Crippen molar-refractivity contribution in [3.63, 3.8) is 0 Å². The van der Waals surface area contributed by atoms with E-state index in [0.29, 0.717) is 5.56 Å². The number of carboxylic acid groups (broad SMARTS) is 1. The molecule has 0 aliphatic carbocycles. The summed E-state index contributed by atoms with van der Waals surface area (Å²) in [7, 11) is 0. The van der Waals surface area contributed by atoms with Crippen molar-refractivity contribution in [2.45, 2.75) is 25.0 Å². The van der Waals surface area contributed by atoms with Gasteiger partial charge in [-0.15, -0.1) is 0 Å². The van der Waals surface area contributed by atoms with Crippen molar-refractivity contribution < 1.29 is 9.90 Å². The van der Waals surface area contributed by atoms with Crippen LogP contribution < -0.4 is 0 Å². The molecule has 0 unspecified atom stereocenters. The highest BCUT2D eigenvalue weighted by Gasteiger charge is 1.98. The molecule has 0 saturated carbocycles. The topological polar surface area (TPSA) is 61.1 Å². The first-order chi connectivity index (χ1) is 8.22. The Kier molecular flexibility index (Phi) is 6.19. The normalized spacial score (nSPS) is 9.82. The van der Waals surface area contributed by atoms with Crippen molar-refractivity contribution in [1.82, 2.24) is 0 Å². The number of aliphatic carboxylic acids is 1. The maximum Gasteiger partial charge on any atom is 0.303 e. The minimum atomic E-state index is -0.725. The molecule has 3 nitrogen and oxygen atoms in total. The van der Waals surface area contributed by atoms with Gasteiger partial charge < -0.3 is 5.11 Å². The molecule has 1 aromatic rings. The molecule has 0 bridgehead atoms. The summed E-state index contributed by atoms with van der Waals surface area (Å²) >= 11 is 1.77. The summed E-state index contributed by atoms with van der Waals surface area (Å²) < 4.78 is 0. The van der Waals surface area contributed by atoms with Crippen LogP contribution in [0.2, 0.25) is 0 Å². The predicted molar refractivity (Wildman–Crippen MR) is 68.8 cm³/mol. The minimum absolute atomic E-state index is 0.254. The fraction of sp³-hybridized carbons (Fsp3) is 0.385. The van der Waals surface area contributed by atoms with Gasteiger partial charge >= 0.3 is 5.97 Å². The van der Waals surface area contributed by atoms with Gasteiger partial charge in [0.05, 0.1) is 11.6 Å². The summed E-state index contributed by atoms with van der Waals surface area (Å²) in [6.45, 7) is 0. The first-order valence-electron chi connectivity index (χ1n) is 5.51. The molecule has 0 aromatic heterocycles. The summed E-state index contributed by atoms with van der Waals surface area (Å²) in [4.78, 5) is 10.3. The summed E-state index contributed by atoms with van der Waals surface area (Å²) in [5.74, 6) is 1.11. The number of hydrogen-bond acceptors (Lipinski definition) is 3. The first-order valence-corrected chi connectivity index (χ1v) is 6.66. The lowest BCUT2D eigenvalue weighted by molar-refractivity contribution is -0.137. The quantitative estimate of drug-likeness (QED) is 0.754. The van der Waals surface area contributed by atoms with Gasteiger partial charge in [0.1, 0.15) is 0 Å². The summed E-state index contributed by atoms with van der Waals surface area (Å²) in [6, 6.07) is 9.69. The number of benzene rings is 1. The van der Waals surface area contributed by atoms with Crippen LogP contribution in [0.1, 0.15) is 30.4 Å². The lowest BCUT2D eigenvalue weighted by Crippen LogP contribution is -1.94. The smallest absolute Gasteiger partial charge is 0.303 e. The Labute approximate surface area is 105 Å². The van der Waals surface area contributed by atoms with Crippen molar-refractivity contribution in [2.24, 2.45) is 0 Å². The second kappa shape index (κ2) is 7.75. The van der Waals surface area contributed by atoms with Gasteiger partial charge in [-0.3, -0.25) is 4.79 Å². The number of hydrogen-bond donors (Lipinski definition) is 1. The maximum atomic E-state index is 10.3. The highest BCUT2D eigenvalue weighted by molar-refractivity contribution is 7.98. The molecule has 0 aliphatic rings. The predicted octanol–water partition coefficient (Wildman–Crippen LogP) is 3.05. The molecule has 1 aromatic carbocycles. The van der Waals surface area contributed by atoms with Crippen LogP contribution in [-0.4, -0.2) is 16.8 Å². The van der Waals surface area contributed by atoms with Gasteiger partial charge in [-0.05, 0) is 36.3 Å². The van der Waals surface area contributed by atoms with E-state index in [0.717, 1.165) is 29.9 Å². The van der Waals surface area contributed by atoms with Gasteiger partial charge in [-0.2, -0.15) is 17.0 Å². The van der Waals surface area contributed by atoms with E-state index in [-0.39, 0.29) is 6.42 Å². The van der Waals surface area contributed by atoms with Crippen molar-refractivity contribution in [3.05, 3.63) is 35.4 Å². The second-order valence-electron chi connectivity index (χ2n) is 3.72. The van der Waals surface area contributed by atoms with Gasteiger partial charge in [0.15, 0.2) is 0 Å². The van der Waals surface area contributed by atoms with Gasteiger partial charge in [-0.1, -0.05) is 12.1 Å². The fourth-order valence-corrected chi connectivity index (χ4v) is 2.37. The van der Waals surface area contributed by atoms with Crippen molar-refractivity contribution >= 4 is 17.7 Å². The average Bonchev–Trinajstić information content (AvgIpc) is 2.33. The molecule has 17 heavy (non-hydrogen) atoms. The molecule has 0 aliphatic heterocycles. The van der Waals surface area contributed by atoms with Crippen LogP contribution in [0, 0.1) is 11.3 Å². The zero-order chi connectivity index (χ0) is 12.5. The highest BCUT2D eigenvalue weighted by Crippen LogP contribution is 2.15. The lowest BCUT2D eigenvalue weighted by atomic mass is 10.2. The number of thioether (sulfide) groups is 1. The number of carbonyl (C=O) groups is 1. The molecule has 0 atom stereocenters. The Balaban J connectivity index is 2.18. The standard InChI is InChI=1S/C13H15NO2S/c14-9-11-4-3-5-12(8-11)10-17-7-2-1-6-13(15)16/h3-5,8H,1-2,6-7,10H2,(H,15,16). The third-order valence-corrected chi connectivity index (χ3v) is 3.37. The maximum absolute atomic E-state index is 10.3. The molecular weight excluding hydrogens is 234 g/mol. The van der Waals surface area contributed by atoms with Crippen LogP contribution >= 0.6 is 11.8 Å². The van der Waals surface area contributed by atoms with Crippen molar-refractivity contribution in [3.8, 4) is 6.07 Å². The van der Waals surface area contributed by atoms with Crippen LogP contribution in [0.4, 0.5) is 0 Å². The van der Waals surface area contributed by atoms with E-state index in [4.69, 9.17) is 10.4 Å². The summed E-state index contributed by atoms with van der Waals surface area (Å²) in [5.41, 5.74) is 1.83. The molecule has 4 heteroatoms. The third-order valence-electron chi connectivity index (χ3n) is 2.25. The molecule has 1 N–H and O–H groups in total. The van der Waals surface area contributed by atoms with Crippen LogP contribution in [0.5, 0.6) is 0 Å². The minimum Gasteiger partial charge on any atom is -0.481 e. The van der Waals surface area contributed by atoms with Gasteiger partial charge in [0.25, 0.3) is 0 Å². The Morgan fingerprint density at radius 3 is 2.94 bits per heavy atom. The lowest BCUT2D eigenvalue weighted by Gasteiger charge is -2.02. The number of rotatable bonds is 7. The SMILES string of the molecule is N#Cc1cccc(CSCCCCC(=O)O)c1. The molecule has 0 spiro atoms. The molecule has 0 fully saturated rings. The van der Waals surface area contributed by atoms with E-state index in [1.807, 2.05) is 18.2 Å². The van der Waals surface area contributed by atoms with Crippen molar-refractivity contribution in [1.29, 1.82) is 5.26 Å². The number of nitrogens with zero attached hydrogens (tertiary/aromatic N) is 1. The Hall–Kier alpha value is -1.47. The largest absolute Gasteiger partial charge is 0.481 e. The fourth-order valence-electron chi connectivity index (χ4n) is 1.40. The molecule has 0 saturated heterocycles. The molecule has 0 amide bonds. The summed E-state index contributed by atoms with van der Waals surface area (Å²) in [6.07, 6.45) is 1.92. The second-order valence-corrected chi connectivity index (χ2v) is 4.82. The first kappa shape index (κ1) is 13.6.